The zero-order valence-electron chi connectivity index (χ0n) is 15.3. The number of anilines is 2. The highest BCUT2D eigenvalue weighted by molar-refractivity contribution is 5.96. The molecule has 0 saturated carbocycles. The molecule has 1 aliphatic rings. The highest BCUT2D eigenvalue weighted by atomic mass is 16.5. The van der Waals surface area contributed by atoms with Gasteiger partial charge in [0.25, 0.3) is 5.91 Å². The first kappa shape index (κ1) is 19.2. The van der Waals surface area contributed by atoms with Crippen molar-refractivity contribution in [3.05, 3.63) is 48.0 Å². The average molecular weight is 384 g/mol. The standard InChI is InChI=1S/C20H20N2O6/c1-27-17-10-13(20(25)26)7-8-16(17)21-18(23)12-28-15-5-2-4-14(11-15)22-9-3-6-19(22)24/h2,4-5,7-8,10-11H,3,6,9,12H2,1H3,(H,21,23)(H,25,26). The van der Waals surface area contributed by atoms with E-state index in [-0.39, 0.29) is 23.8 Å². The fraction of sp³-hybridized carbons (Fsp3) is 0.250. The van der Waals surface area contributed by atoms with Crippen LogP contribution < -0.4 is 19.7 Å². The maximum atomic E-state index is 12.2. The van der Waals surface area contributed by atoms with Crippen LogP contribution in [0.4, 0.5) is 11.4 Å². The number of rotatable bonds is 7. The molecular weight excluding hydrogens is 364 g/mol. The van der Waals surface area contributed by atoms with E-state index in [1.54, 1.807) is 23.1 Å². The second kappa shape index (κ2) is 8.43. The van der Waals surface area contributed by atoms with E-state index in [2.05, 4.69) is 5.32 Å². The number of ether oxygens (including phenoxy) is 2. The molecule has 0 spiro atoms. The zero-order valence-corrected chi connectivity index (χ0v) is 15.3. The third-order valence-corrected chi connectivity index (χ3v) is 4.30. The lowest BCUT2D eigenvalue weighted by molar-refractivity contribution is -0.118. The first-order valence-electron chi connectivity index (χ1n) is 8.72. The maximum Gasteiger partial charge on any atom is 0.335 e. The summed E-state index contributed by atoms with van der Waals surface area (Å²) in [5.74, 6) is -0.727. The van der Waals surface area contributed by atoms with Crippen LogP contribution in [0.3, 0.4) is 0 Å². The van der Waals surface area contributed by atoms with Gasteiger partial charge in [0.2, 0.25) is 5.91 Å². The average Bonchev–Trinajstić information content (AvgIpc) is 3.12. The van der Waals surface area contributed by atoms with Crippen molar-refractivity contribution in [1.29, 1.82) is 0 Å². The Bertz CT molecular complexity index is 911. The van der Waals surface area contributed by atoms with Gasteiger partial charge in [-0.1, -0.05) is 6.07 Å². The summed E-state index contributed by atoms with van der Waals surface area (Å²) in [6.45, 7) is 0.427. The normalized spacial score (nSPS) is 13.3. The number of carbonyl (C=O) groups excluding carboxylic acids is 2. The first-order chi connectivity index (χ1) is 13.5. The minimum atomic E-state index is -1.09. The van der Waals surface area contributed by atoms with Crippen molar-refractivity contribution in [3.8, 4) is 11.5 Å². The van der Waals surface area contributed by atoms with Crippen LogP contribution in [0.25, 0.3) is 0 Å². The zero-order chi connectivity index (χ0) is 20.1. The van der Waals surface area contributed by atoms with Crippen molar-refractivity contribution in [2.24, 2.45) is 0 Å². The molecule has 0 atom stereocenters. The van der Waals surface area contributed by atoms with Crippen LogP contribution in [-0.2, 0) is 9.59 Å². The number of hydrogen-bond donors (Lipinski definition) is 2. The Morgan fingerprint density at radius 3 is 2.71 bits per heavy atom. The Morgan fingerprint density at radius 1 is 1.21 bits per heavy atom. The van der Waals surface area contributed by atoms with Crippen LogP contribution in [0, 0.1) is 0 Å². The second-order valence-electron chi connectivity index (χ2n) is 6.20. The highest BCUT2D eigenvalue weighted by Crippen LogP contribution is 2.27. The van der Waals surface area contributed by atoms with Gasteiger partial charge in [0.05, 0.1) is 18.4 Å². The third kappa shape index (κ3) is 4.40. The number of carboxylic acid groups (broad SMARTS) is 1. The fourth-order valence-electron chi connectivity index (χ4n) is 2.93. The summed E-state index contributed by atoms with van der Waals surface area (Å²) in [6.07, 6.45) is 1.37. The quantitative estimate of drug-likeness (QED) is 0.760. The van der Waals surface area contributed by atoms with E-state index in [1.165, 1.54) is 25.3 Å². The van der Waals surface area contributed by atoms with Crippen molar-refractivity contribution in [2.45, 2.75) is 12.8 Å². The van der Waals surface area contributed by atoms with Gasteiger partial charge in [-0.15, -0.1) is 0 Å². The number of nitrogens with one attached hydrogen (secondary N) is 1. The number of hydrogen-bond acceptors (Lipinski definition) is 5. The summed E-state index contributed by atoms with van der Waals surface area (Å²) in [4.78, 5) is 36.8. The molecule has 0 aromatic heterocycles. The third-order valence-electron chi connectivity index (χ3n) is 4.30. The Hall–Kier alpha value is -3.55. The maximum absolute atomic E-state index is 12.2. The van der Waals surface area contributed by atoms with Gasteiger partial charge in [-0.3, -0.25) is 9.59 Å². The summed E-state index contributed by atoms with van der Waals surface area (Å²) in [5.41, 5.74) is 1.14. The number of methoxy groups -OCH3 is 1. The number of amides is 2. The van der Waals surface area contributed by atoms with E-state index in [0.717, 1.165) is 12.1 Å². The highest BCUT2D eigenvalue weighted by Gasteiger charge is 2.22. The van der Waals surface area contributed by atoms with Crippen molar-refractivity contribution in [1.82, 2.24) is 0 Å². The van der Waals surface area contributed by atoms with Crippen molar-refractivity contribution in [2.75, 3.05) is 30.5 Å². The SMILES string of the molecule is COc1cc(C(=O)O)ccc1NC(=O)COc1cccc(N2CCCC2=O)c1. The van der Waals surface area contributed by atoms with Crippen molar-refractivity contribution < 1.29 is 29.0 Å². The van der Waals surface area contributed by atoms with Crippen LogP contribution in [0.2, 0.25) is 0 Å². The largest absolute Gasteiger partial charge is 0.495 e. The van der Waals surface area contributed by atoms with E-state index < -0.39 is 11.9 Å². The number of carboxylic acids is 1. The lowest BCUT2D eigenvalue weighted by Crippen LogP contribution is -2.24. The molecule has 1 fully saturated rings. The molecule has 0 radical (unpaired) electrons. The molecule has 2 amide bonds. The Labute approximate surface area is 161 Å². The molecule has 1 heterocycles. The van der Waals surface area contributed by atoms with Crippen LogP contribution in [-0.4, -0.2) is 43.2 Å². The molecule has 1 saturated heterocycles. The van der Waals surface area contributed by atoms with E-state index in [4.69, 9.17) is 14.6 Å². The molecule has 2 N–H and O–H groups in total. The topological polar surface area (TPSA) is 105 Å². The lowest BCUT2D eigenvalue weighted by Gasteiger charge is -2.17. The minimum Gasteiger partial charge on any atom is -0.495 e. The van der Waals surface area contributed by atoms with Gasteiger partial charge >= 0.3 is 5.97 Å². The monoisotopic (exact) mass is 384 g/mol. The molecule has 1 aliphatic heterocycles. The molecule has 8 nitrogen and oxygen atoms in total. The van der Waals surface area contributed by atoms with Gasteiger partial charge in [0, 0.05) is 24.7 Å². The predicted molar refractivity (Wildman–Crippen MR) is 102 cm³/mol. The molecule has 146 valence electrons. The molecule has 0 bridgehead atoms. The molecule has 28 heavy (non-hydrogen) atoms. The van der Waals surface area contributed by atoms with Gasteiger partial charge in [-0.2, -0.15) is 0 Å². The molecule has 3 rings (SSSR count). The predicted octanol–water partition coefficient (Wildman–Crippen LogP) is 2.54. The molecule has 2 aromatic carbocycles. The number of carbonyl (C=O) groups is 3. The van der Waals surface area contributed by atoms with Gasteiger partial charge in [-0.05, 0) is 36.8 Å². The van der Waals surface area contributed by atoms with E-state index in [1.807, 2.05) is 6.07 Å². The molecular formula is C20H20N2O6. The van der Waals surface area contributed by atoms with Crippen LogP contribution in [0.5, 0.6) is 11.5 Å². The van der Waals surface area contributed by atoms with Gasteiger partial charge in [0.1, 0.15) is 11.5 Å². The summed E-state index contributed by atoms with van der Waals surface area (Å²) in [5, 5.41) is 11.6. The number of aromatic carboxylic acids is 1. The molecule has 0 aliphatic carbocycles. The minimum absolute atomic E-state index is 0.0550. The fourth-order valence-corrected chi connectivity index (χ4v) is 2.93. The second-order valence-corrected chi connectivity index (χ2v) is 6.20. The Kier molecular flexibility index (Phi) is 5.78. The van der Waals surface area contributed by atoms with Gasteiger partial charge < -0.3 is 24.8 Å². The summed E-state index contributed by atoms with van der Waals surface area (Å²) >= 11 is 0. The van der Waals surface area contributed by atoms with E-state index in [9.17, 15) is 14.4 Å². The molecule has 0 unspecified atom stereocenters. The number of benzene rings is 2. The smallest absolute Gasteiger partial charge is 0.335 e. The number of nitrogens with zero attached hydrogens (tertiary/aromatic N) is 1. The lowest BCUT2D eigenvalue weighted by atomic mass is 10.2. The van der Waals surface area contributed by atoms with Crippen molar-refractivity contribution in [3.63, 3.8) is 0 Å². The van der Waals surface area contributed by atoms with Crippen LogP contribution in [0.15, 0.2) is 42.5 Å². The Morgan fingerprint density at radius 2 is 2.04 bits per heavy atom. The van der Waals surface area contributed by atoms with Crippen LogP contribution in [0.1, 0.15) is 23.2 Å². The van der Waals surface area contributed by atoms with E-state index >= 15 is 0 Å². The first-order valence-corrected chi connectivity index (χ1v) is 8.72. The molecule has 8 heteroatoms. The van der Waals surface area contributed by atoms with Gasteiger partial charge in [-0.25, -0.2) is 4.79 Å². The van der Waals surface area contributed by atoms with Crippen LogP contribution >= 0.6 is 0 Å². The van der Waals surface area contributed by atoms with Crippen molar-refractivity contribution >= 4 is 29.2 Å². The van der Waals surface area contributed by atoms with E-state index in [0.29, 0.717) is 24.4 Å². The summed E-state index contributed by atoms with van der Waals surface area (Å²) in [7, 11) is 1.39. The van der Waals surface area contributed by atoms with Gasteiger partial charge in [0.15, 0.2) is 6.61 Å². The summed E-state index contributed by atoms with van der Waals surface area (Å²) in [6, 6.07) is 11.2. The Balaban J connectivity index is 1.62. The molecule has 2 aromatic rings. The summed E-state index contributed by atoms with van der Waals surface area (Å²) < 4.78 is 10.7.